The summed E-state index contributed by atoms with van der Waals surface area (Å²) in [5.74, 6) is -2.48. The Morgan fingerprint density at radius 2 is 2.00 bits per heavy atom. The standard InChI is InChI=1S/C11H9ClF4O2/c12-8(2-4-10(17)18)6-1-3-9(13)7(5-6)11(14,15)16/h1,3,5,8H,2,4H2,(H,17,18). The number of hydrogen-bond acceptors (Lipinski definition) is 1. The third kappa shape index (κ3) is 3.87. The number of aliphatic carboxylic acids is 1. The fraction of sp³-hybridized carbons (Fsp3) is 0.364. The van der Waals surface area contributed by atoms with Gasteiger partial charge in [-0.1, -0.05) is 6.07 Å². The number of rotatable bonds is 4. The molecule has 1 atom stereocenters. The molecule has 1 unspecified atom stereocenters. The van der Waals surface area contributed by atoms with Crippen molar-refractivity contribution >= 4 is 17.6 Å². The average molecular weight is 285 g/mol. The van der Waals surface area contributed by atoms with E-state index in [1.54, 1.807) is 0 Å². The van der Waals surface area contributed by atoms with Crippen molar-refractivity contribution in [2.45, 2.75) is 24.4 Å². The third-order valence-corrected chi connectivity index (χ3v) is 2.74. The van der Waals surface area contributed by atoms with E-state index >= 15 is 0 Å². The van der Waals surface area contributed by atoms with Crippen LogP contribution in [0.3, 0.4) is 0 Å². The summed E-state index contributed by atoms with van der Waals surface area (Å²) in [4.78, 5) is 10.3. The van der Waals surface area contributed by atoms with Crippen molar-refractivity contribution in [2.24, 2.45) is 0 Å². The van der Waals surface area contributed by atoms with Crippen molar-refractivity contribution in [2.75, 3.05) is 0 Å². The predicted molar refractivity (Wildman–Crippen MR) is 56.9 cm³/mol. The zero-order chi connectivity index (χ0) is 13.9. The van der Waals surface area contributed by atoms with Gasteiger partial charge in [0, 0.05) is 6.42 Å². The molecule has 0 fully saturated rings. The fourth-order valence-electron chi connectivity index (χ4n) is 1.37. The summed E-state index contributed by atoms with van der Waals surface area (Å²) in [6.07, 6.45) is -5.10. The number of halogens is 5. The van der Waals surface area contributed by atoms with Crippen LogP contribution in [-0.4, -0.2) is 11.1 Å². The van der Waals surface area contributed by atoms with Crippen molar-refractivity contribution in [1.29, 1.82) is 0 Å². The molecule has 1 aromatic rings. The zero-order valence-corrected chi connectivity index (χ0v) is 9.72. The molecule has 0 aliphatic heterocycles. The van der Waals surface area contributed by atoms with E-state index in [4.69, 9.17) is 16.7 Å². The van der Waals surface area contributed by atoms with Crippen LogP contribution >= 0.6 is 11.6 Å². The van der Waals surface area contributed by atoms with E-state index in [-0.39, 0.29) is 18.4 Å². The number of benzene rings is 1. The lowest BCUT2D eigenvalue weighted by molar-refractivity contribution is -0.140. The number of carbonyl (C=O) groups is 1. The second-order valence-corrected chi connectivity index (χ2v) is 4.16. The molecule has 0 bridgehead atoms. The number of hydrogen-bond donors (Lipinski definition) is 1. The first-order valence-electron chi connectivity index (χ1n) is 4.94. The van der Waals surface area contributed by atoms with Gasteiger partial charge in [0.2, 0.25) is 0 Å². The van der Waals surface area contributed by atoms with Crippen molar-refractivity contribution in [1.82, 2.24) is 0 Å². The minimum atomic E-state index is -4.80. The normalized spacial score (nSPS) is 13.4. The van der Waals surface area contributed by atoms with Gasteiger partial charge in [-0.15, -0.1) is 11.6 Å². The van der Waals surface area contributed by atoms with Gasteiger partial charge < -0.3 is 5.11 Å². The molecular weight excluding hydrogens is 276 g/mol. The summed E-state index contributed by atoms with van der Waals surface area (Å²) in [7, 11) is 0. The number of carboxylic acid groups (broad SMARTS) is 1. The van der Waals surface area contributed by atoms with Gasteiger partial charge in [0.15, 0.2) is 0 Å². The largest absolute Gasteiger partial charge is 0.481 e. The van der Waals surface area contributed by atoms with Gasteiger partial charge in [-0.2, -0.15) is 13.2 Å². The van der Waals surface area contributed by atoms with E-state index in [1.807, 2.05) is 0 Å². The van der Waals surface area contributed by atoms with Crippen LogP contribution in [0, 0.1) is 5.82 Å². The van der Waals surface area contributed by atoms with Gasteiger partial charge in [0.1, 0.15) is 5.82 Å². The minimum absolute atomic E-state index is 0.0280. The van der Waals surface area contributed by atoms with Crippen LogP contribution in [-0.2, 0) is 11.0 Å². The molecule has 0 amide bonds. The molecule has 1 N–H and O–H groups in total. The van der Waals surface area contributed by atoms with E-state index in [1.165, 1.54) is 0 Å². The molecular formula is C11H9ClF4O2. The summed E-state index contributed by atoms with van der Waals surface area (Å²) in [6, 6.07) is 2.40. The van der Waals surface area contributed by atoms with Crippen molar-refractivity contribution in [3.8, 4) is 0 Å². The van der Waals surface area contributed by atoms with Gasteiger partial charge >= 0.3 is 12.1 Å². The predicted octanol–water partition coefficient (Wildman–Crippen LogP) is 3.99. The van der Waals surface area contributed by atoms with Crippen LogP contribution in [0.2, 0.25) is 0 Å². The van der Waals surface area contributed by atoms with E-state index in [0.29, 0.717) is 12.1 Å². The molecule has 100 valence electrons. The van der Waals surface area contributed by atoms with E-state index in [9.17, 15) is 22.4 Å². The minimum Gasteiger partial charge on any atom is -0.481 e. The Hall–Kier alpha value is -1.30. The lowest BCUT2D eigenvalue weighted by atomic mass is 10.0. The topological polar surface area (TPSA) is 37.3 Å². The van der Waals surface area contributed by atoms with Crippen LogP contribution in [0.15, 0.2) is 18.2 Å². The second kappa shape index (κ2) is 5.56. The summed E-state index contributed by atoms with van der Waals surface area (Å²) in [6.45, 7) is 0. The molecule has 0 heterocycles. The van der Waals surface area contributed by atoms with Crippen LogP contribution in [0.1, 0.15) is 29.3 Å². The number of alkyl halides is 4. The summed E-state index contributed by atoms with van der Waals surface area (Å²) in [5.41, 5.74) is -1.35. The van der Waals surface area contributed by atoms with Gasteiger partial charge in [0.25, 0.3) is 0 Å². The van der Waals surface area contributed by atoms with Crippen LogP contribution < -0.4 is 0 Å². The molecule has 0 aliphatic carbocycles. The van der Waals surface area contributed by atoms with Gasteiger partial charge in [0.05, 0.1) is 10.9 Å². The van der Waals surface area contributed by atoms with Crippen LogP contribution in [0.25, 0.3) is 0 Å². The van der Waals surface area contributed by atoms with Gasteiger partial charge in [-0.25, -0.2) is 4.39 Å². The van der Waals surface area contributed by atoms with Crippen molar-refractivity contribution < 1.29 is 27.5 Å². The fourth-order valence-corrected chi connectivity index (χ4v) is 1.62. The highest BCUT2D eigenvalue weighted by atomic mass is 35.5. The van der Waals surface area contributed by atoms with Gasteiger partial charge in [-0.3, -0.25) is 4.79 Å². The monoisotopic (exact) mass is 284 g/mol. The molecule has 0 radical (unpaired) electrons. The van der Waals surface area contributed by atoms with Crippen molar-refractivity contribution in [3.63, 3.8) is 0 Å². The maximum absolute atomic E-state index is 13.0. The Bertz CT molecular complexity index is 445. The Morgan fingerprint density at radius 1 is 1.39 bits per heavy atom. The summed E-state index contributed by atoms with van der Waals surface area (Å²) >= 11 is 5.77. The van der Waals surface area contributed by atoms with Crippen LogP contribution in [0.4, 0.5) is 17.6 Å². The van der Waals surface area contributed by atoms with Crippen LogP contribution in [0.5, 0.6) is 0 Å². The molecule has 1 rings (SSSR count). The number of carboxylic acids is 1. The maximum Gasteiger partial charge on any atom is 0.419 e. The molecule has 7 heteroatoms. The Morgan fingerprint density at radius 3 is 2.50 bits per heavy atom. The summed E-state index contributed by atoms with van der Waals surface area (Å²) in [5, 5.41) is 7.54. The Labute approximate surface area is 105 Å². The highest BCUT2D eigenvalue weighted by Gasteiger charge is 2.34. The Balaban J connectivity index is 2.94. The lowest BCUT2D eigenvalue weighted by Crippen LogP contribution is -2.09. The van der Waals surface area contributed by atoms with E-state index in [0.717, 1.165) is 6.07 Å². The molecule has 0 aromatic heterocycles. The highest BCUT2D eigenvalue weighted by Crippen LogP contribution is 2.35. The van der Waals surface area contributed by atoms with Gasteiger partial charge in [-0.05, 0) is 24.1 Å². The maximum atomic E-state index is 13.0. The average Bonchev–Trinajstić information content (AvgIpc) is 2.24. The first-order valence-corrected chi connectivity index (χ1v) is 5.38. The molecule has 1 aromatic carbocycles. The zero-order valence-electron chi connectivity index (χ0n) is 8.97. The molecule has 0 spiro atoms. The quantitative estimate of drug-likeness (QED) is 0.670. The first kappa shape index (κ1) is 14.8. The SMILES string of the molecule is O=C(O)CCC(Cl)c1ccc(F)c(C(F)(F)F)c1. The first-order chi connectivity index (χ1) is 8.21. The molecule has 0 aliphatic rings. The molecule has 0 saturated carbocycles. The summed E-state index contributed by atoms with van der Waals surface area (Å²) < 4.78 is 50.3. The van der Waals surface area contributed by atoms with E-state index < -0.39 is 28.9 Å². The lowest BCUT2D eigenvalue weighted by Gasteiger charge is -2.13. The molecule has 0 saturated heterocycles. The third-order valence-electron chi connectivity index (χ3n) is 2.27. The van der Waals surface area contributed by atoms with Crippen molar-refractivity contribution in [3.05, 3.63) is 35.1 Å². The molecule has 2 nitrogen and oxygen atoms in total. The highest BCUT2D eigenvalue weighted by molar-refractivity contribution is 6.20. The Kier molecular flexibility index (Phi) is 4.56. The van der Waals surface area contributed by atoms with E-state index in [2.05, 4.69) is 0 Å². The second-order valence-electron chi connectivity index (χ2n) is 3.64. The smallest absolute Gasteiger partial charge is 0.419 e. The molecule has 18 heavy (non-hydrogen) atoms.